The van der Waals surface area contributed by atoms with Crippen LogP contribution < -0.4 is 20.7 Å². The molecule has 0 unspecified atom stereocenters. The molecule has 2 aromatic rings. The molecule has 12 heteroatoms. The van der Waals surface area contributed by atoms with Crippen molar-refractivity contribution < 1.29 is 23.4 Å². The quantitative estimate of drug-likeness (QED) is 0.361. The van der Waals surface area contributed by atoms with Gasteiger partial charge >= 0.3 is 0 Å². The molecule has 3 rings (SSSR count). The van der Waals surface area contributed by atoms with Gasteiger partial charge < -0.3 is 25.8 Å². The number of alkyl halides is 2. The Kier molecular flexibility index (Phi) is 10.4. The highest BCUT2D eigenvalue weighted by molar-refractivity contribution is 6.33. The summed E-state index contributed by atoms with van der Waals surface area (Å²) in [5.41, 5.74) is 8.08. The summed E-state index contributed by atoms with van der Waals surface area (Å²) < 4.78 is 32.0. The van der Waals surface area contributed by atoms with Crippen molar-refractivity contribution in [1.82, 2.24) is 20.2 Å². The van der Waals surface area contributed by atoms with Crippen molar-refractivity contribution in [2.45, 2.75) is 39.7 Å². The molecule has 1 aliphatic rings. The number of aromatic nitrogens is 2. The number of aliphatic hydroxyl groups excluding tert-OH is 1. The molecule has 2 heterocycles. The molecule has 0 radical (unpaired) electrons. The van der Waals surface area contributed by atoms with Crippen LogP contribution >= 0.6 is 11.6 Å². The summed E-state index contributed by atoms with van der Waals surface area (Å²) in [5, 5.41) is 13.2. The predicted molar refractivity (Wildman–Crippen MR) is 145 cm³/mol. The number of nitrogens with two attached hydrogens (primary N) is 1. The van der Waals surface area contributed by atoms with E-state index in [-0.39, 0.29) is 37.0 Å². The number of anilines is 1. The molecule has 0 aliphatic carbocycles. The number of nitrogens with zero attached hydrogens (tertiary/aromatic N) is 4. The zero-order chi connectivity index (χ0) is 28.0. The van der Waals surface area contributed by atoms with Crippen LogP contribution in [0.2, 0.25) is 5.02 Å². The highest BCUT2D eigenvalue weighted by Crippen LogP contribution is 2.35. The largest absolute Gasteiger partial charge is 0.491 e. The fourth-order valence-corrected chi connectivity index (χ4v) is 4.65. The number of likely N-dealkylation sites (N-methyl/N-ethyl adjacent to an activating group) is 1. The first kappa shape index (κ1) is 29.7. The lowest BCUT2D eigenvalue weighted by Crippen LogP contribution is -2.47. The standard InChI is InChI=1S/C26H35ClF2N6O3/c1-15-24(23(16(2)30)17(3)36)32-25(33-26(15)35-9-5-8-34(14-35)12-22(28)29)20-10-19(6-7-21(20)27)38-13-18(37)11-31-4/h6-7,10,18,22,31,37H,5,8-9,11-14,30H2,1-4H3/t18-/m1/s1. The second kappa shape index (κ2) is 13.3. The van der Waals surface area contributed by atoms with E-state index in [0.29, 0.717) is 65.2 Å². The average molecular weight is 553 g/mol. The number of rotatable bonds is 11. The number of Topliss-reactive ketones (excluding diaryl/α,β-unsaturated/α-hetero) is 1. The monoisotopic (exact) mass is 552 g/mol. The molecule has 1 aromatic heterocycles. The average Bonchev–Trinajstić information content (AvgIpc) is 2.84. The summed E-state index contributed by atoms with van der Waals surface area (Å²) in [4.78, 5) is 25.7. The van der Waals surface area contributed by atoms with Gasteiger partial charge in [-0.3, -0.25) is 9.69 Å². The third kappa shape index (κ3) is 7.37. The minimum atomic E-state index is -2.45. The number of nitrogens with one attached hydrogen (secondary N) is 1. The lowest BCUT2D eigenvalue weighted by atomic mass is 10.0. The molecule has 0 amide bonds. The van der Waals surface area contributed by atoms with Crippen LogP contribution in [0.1, 0.15) is 31.5 Å². The van der Waals surface area contributed by atoms with Crippen molar-refractivity contribution in [3.8, 4) is 17.1 Å². The zero-order valence-electron chi connectivity index (χ0n) is 22.1. The molecule has 0 spiro atoms. The van der Waals surface area contributed by atoms with Gasteiger partial charge in [0.25, 0.3) is 6.43 Å². The van der Waals surface area contributed by atoms with Crippen LogP contribution in [0.3, 0.4) is 0 Å². The molecular weight excluding hydrogens is 518 g/mol. The molecule has 1 saturated heterocycles. The summed E-state index contributed by atoms with van der Waals surface area (Å²) in [5.74, 6) is 0.933. The number of ketones is 1. The molecule has 38 heavy (non-hydrogen) atoms. The third-order valence-corrected chi connectivity index (χ3v) is 6.46. The summed E-state index contributed by atoms with van der Waals surface area (Å²) in [6.07, 6.45) is -2.49. The predicted octanol–water partition coefficient (Wildman–Crippen LogP) is 3.08. The van der Waals surface area contributed by atoms with Gasteiger partial charge in [0.05, 0.1) is 29.5 Å². The van der Waals surface area contributed by atoms with Crippen molar-refractivity contribution in [3.63, 3.8) is 0 Å². The zero-order valence-corrected chi connectivity index (χ0v) is 22.9. The number of ether oxygens (including phenoxy) is 1. The minimum Gasteiger partial charge on any atom is -0.491 e. The van der Waals surface area contributed by atoms with Gasteiger partial charge in [0.15, 0.2) is 11.6 Å². The van der Waals surface area contributed by atoms with E-state index in [1.807, 2.05) is 4.90 Å². The molecule has 1 fully saturated rings. The maximum Gasteiger partial charge on any atom is 0.251 e. The lowest BCUT2D eigenvalue weighted by molar-refractivity contribution is -0.111. The Hall–Kier alpha value is -2.86. The Morgan fingerprint density at radius 1 is 1.29 bits per heavy atom. The van der Waals surface area contributed by atoms with Gasteiger partial charge in [-0.2, -0.15) is 0 Å². The second-order valence-corrected chi connectivity index (χ2v) is 9.76. The number of aliphatic hydroxyl groups is 1. The molecule has 1 aromatic carbocycles. The topological polar surface area (TPSA) is 117 Å². The highest BCUT2D eigenvalue weighted by Gasteiger charge is 2.27. The number of hydrogen-bond acceptors (Lipinski definition) is 9. The molecular formula is C26H35ClF2N6O3. The van der Waals surface area contributed by atoms with E-state index in [2.05, 4.69) is 5.32 Å². The molecule has 1 atom stereocenters. The van der Waals surface area contributed by atoms with E-state index in [9.17, 15) is 18.7 Å². The number of carbonyl (C=O) groups is 1. The van der Waals surface area contributed by atoms with E-state index in [4.69, 9.17) is 32.0 Å². The number of allylic oxidation sites excluding steroid dienone is 2. The van der Waals surface area contributed by atoms with Gasteiger partial charge in [-0.25, -0.2) is 18.7 Å². The SMILES string of the molecule is CNC[C@@H](O)COc1ccc(Cl)c(-c2nc(C(C(C)=O)=C(C)N)c(C)c(N3CCCN(CC(F)F)C3)n2)c1. The number of hydrogen-bond donors (Lipinski definition) is 3. The first-order valence-corrected chi connectivity index (χ1v) is 12.8. The van der Waals surface area contributed by atoms with E-state index in [1.54, 1.807) is 44.0 Å². The Morgan fingerprint density at radius 3 is 2.66 bits per heavy atom. The van der Waals surface area contributed by atoms with Gasteiger partial charge in [-0.1, -0.05) is 11.6 Å². The summed E-state index contributed by atoms with van der Waals surface area (Å²) in [6, 6.07) is 4.98. The van der Waals surface area contributed by atoms with Crippen molar-refractivity contribution in [2.75, 3.05) is 51.4 Å². The van der Waals surface area contributed by atoms with E-state index >= 15 is 0 Å². The number of carbonyl (C=O) groups excluding carboxylic acids is 1. The van der Waals surface area contributed by atoms with E-state index in [0.717, 1.165) is 0 Å². The van der Waals surface area contributed by atoms with Crippen LogP contribution in [0, 0.1) is 6.92 Å². The third-order valence-electron chi connectivity index (χ3n) is 6.13. The van der Waals surface area contributed by atoms with Crippen LogP contribution in [0.4, 0.5) is 14.6 Å². The van der Waals surface area contributed by atoms with Gasteiger partial charge in [-0.05, 0) is 52.4 Å². The highest BCUT2D eigenvalue weighted by atomic mass is 35.5. The molecule has 1 aliphatic heterocycles. The van der Waals surface area contributed by atoms with Crippen LogP contribution in [-0.2, 0) is 4.79 Å². The van der Waals surface area contributed by atoms with E-state index in [1.165, 1.54) is 6.92 Å². The Balaban J connectivity index is 2.12. The Labute approximate surface area is 226 Å². The summed E-state index contributed by atoms with van der Waals surface area (Å²) in [7, 11) is 1.73. The molecule has 0 saturated carbocycles. The van der Waals surface area contributed by atoms with Crippen molar-refractivity contribution in [3.05, 3.63) is 40.2 Å². The van der Waals surface area contributed by atoms with Crippen molar-refractivity contribution in [2.24, 2.45) is 5.73 Å². The van der Waals surface area contributed by atoms with Gasteiger partial charge in [0.2, 0.25) is 0 Å². The first-order valence-electron chi connectivity index (χ1n) is 12.4. The Bertz CT molecular complexity index is 1180. The van der Waals surface area contributed by atoms with Gasteiger partial charge in [0, 0.05) is 36.5 Å². The molecule has 208 valence electrons. The van der Waals surface area contributed by atoms with Gasteiger partial charge in [-0.15, -0.1) is 0 Å². The fraction of sp³-hybridized carbons (Fsp3) is 0.500. The summed E-state index contributed by atoms with van der Waals surface area (Å²) >= 11 is 6.55. The molecule has 9 nitrogen and oxygen atoms in total. The smallest absolute Gasteiger partial charge is 0.251 e. The maximum absolute atomic E-state index is 13.1. The number of halogens is 3. The van der Waals surface area contributed by atoms with Crippen LogP contribution in [-0.4, -0.2) is 84.8 Å². The summed E-state index contributed by atoms with van der Waals surface area (Å²) in [6.45, 7) is 6.31. The molecule has 0 bridgehead atoms. The normalized spacial score (nSPS) is 16.0. The van der Waals surface area contributed by atoms with Crippen molar-refractivity contribution in [1.29, 1.82) is 0 Å². The van der Waals surface area contributed by atoms with Crippen LogP contribution in [0.15, 0.2) is 23.9 Å². The molecule has 4 N–H and O–H groups in total. The van der Waals surface area contributed by atoms with Crippen molar-refractivity contribution >= 4 is 28.8 Å². The fourth-order valence-electron chi connectivity index (χ4n) is 4.45. The minimum absolute atomic E-state index is 0.0600. The lowest BCUT2D eigenvalue weighted by Gasteiger charge is -2.37. The second-order valence-electron chi connectivity index (χ2n) is 9.35. The maximum atomic E-state index is 13.1. The van der Waals surface area contributed by atoms with E-state index < -0.39 is 12.5 Å². The van der Waals surface area contributed by atoms with Crippen LogP contribution in [0.25, 0.3) is 17.0 Å². The first-order chi connectivity index (χ1) is 18.0. The van der Waals surface area contributed by atoms with Gasteiger partial charge in [0.1, 0.15) is 24.3 Å². The van der Waals surface area contributed by atoms with Crippen LogP contribution in [0.5, 0.6) is 5.75 Å². The number of benzene rings is 1. The Morgan fingerprint density at radius 2 is 2.03 bits per heavy atom.